The zero-order chi connectivity index (χ0) is 19.8. The first-order valence-electron chi connectivity index (χ1n) is 8.81. The summed E-state index contributed by atoms with van der Waals surface area (Å²) in [5, 5.41) is 5.64. The fourth-order valence-corrected chi connectivity index (χ4v) is 3.24. The molecular formula is C20H22N2O5S. The van der Waals surface area contributed by atoms with Crippen LogP contribution in [0.2, 0.25) is 0 Å². The molecule has 2 aromatic carbocycles. The molecule has 0 spiro atoms. The van der Waals surface area contributed by atoms with Crippen LogP contribution in [0.3, 0.4) is 0 Å². The zero-order valence-electron chi connectivity index (χ0n) is 15.5. The lowest BCUT2D eigenvalue weighted by Gasteiger charge is -2.07. The normalized spacial score (nSPS) is 11.8. The Labute approximate surface area is 167 Å². The number of hydrogen-bond acceptors (Lipinski definition) is 6. The van der Waals surface area contributed by atoms with Gasteiger partial charge in [-0.05, 0) is 36.2 Å². The molecule has 0 fully saturated rings. The maximum atomic E-state index is 12.0. The van der Waals surface area contributed by atoms with Gasteiger partial charge in [0, 0.05) is 18.3 Å². The first kappa shape index (κ1) is 19.9. The van der Waals surface area contributed by atoms with Crippen molar-refractivity contribution in [3.05, 3.63) is 48.0 Å². The van der Waals surface area contributed by atoms with Crippen molar-refractivity contribution in [3.63, 3.8) is 0 Å². The van der Waals surface area contributed by atoms with Gasteiger partial charge >= 0.3 is 0 Å². The number of anilines is 1. The second kappa shape index (κ2) is 9.89. The second-order valence-electron chi connectivity index (χ2n) is 6.06. The smallest absolute Gasteiger partial charge is 0.234 e. The molecule has 1 heterocycles. The molecule has 0 unspecified atom stereocenters. The molecule has 7 nitrogen and oxygen atoms in total. The zero-order valence-corrected chi connectivity index (χ0v) is 16.3. The Balaban J connectivity index is 1.30. The molecule has 148 valence electrons. The van der Waals surface area contributed by atoms with Gasteiger partial charge in [0.1, 0.15) is 5.75 Å². The first-order valence-corrected chi connectivity index (χ1v) is 9.96. The Kier molecular flexibility index (Phi) is 7.02. The largest absolute Gasteiger partial charge is 0.497 e. The van der Waals surface area contributed by atoms with Crippen LogP contribution >= 0.6 is 11.8 Å². The number of amides is 2. The van der Waals surface area contributed by atoms with Crippen LogP contribution in [0.1, 0.15) is 5.56 Å². The van der Waals surface area contributed by atoms with Gasteiger partial charge in [0.15, 0.2) is 11.5 Å². The molecule has 0 radical (unpaired) electrons. The Hall–Kier alpha value is -2.87. The molecule has 1 aliphatic heterocycles. The number of carbonyl (C=O) groups excluding carboxylic acids is 2. The van der Waals surface area contributed by atoms with Crippen molar-refractivity contribution in [2.24, 2.45) is 0 Å². The van der Waals surface area contributed by atoms with E-state index in [4.69, 9.17) is 14.2 Å². The quantitative estimate of drug-likeness (QED) is 0.670. The van der Waals surface area contributed by atoms with E-state index in [-0.39, 0.29) is 30.1 Å². The summed E-state index contributed by atoms with van der Waals surface area (Å²) in [6, 6.07) is 13.0. The Morgan fingerprint density at radius 1 is 1.04 bits per heavy atom. The number of benzene rings is 2. The number of ether oxygens (including phenoxy) is 3. The van der Waals surface area contributed by atoms with Crippen LogP contribution in [0.25, 0.3) is 0 Å². The molecule has 0 saturated heterocycles. The van der Waals surface area contributed by atoms with Crippen LogP contribution in [0.15, 0.2) is 42.5 Å². The molecule has 0 aliphatic carbocycles. The van der Waals surface area contributed by atoms with Crippen molar-refractivity contribution in [1.29, 1.82) is 0 Å². The Bertz CT molecular complexity index is 826. The monoisotopic (exact) mass is 402 g/mol. The predicted molar refractivity (Wildman–Crippen MR) is 108 cm³/mol. The van der Waals surface area contributed by atoms with Crippen LogP contribution < -0.4 is 24.8 Å². The molecule has 0 saturated carbocycles. The number of nitrogens with one attached hydrogen (secondary N) is 2. The van der Waals surface area contributed by atoms with E-state index >= 15 is 0 Å². The number of fused-ring (bicyclic) bond motifs is 1. The molecule has 2 N–H and O–H groups in total. The maximum Gasteiger partial charge on any atom is 0.234 e. The van der Waals surface area contributed by atoms with Gasteiger partial charge in [0.05, 0.1) is 18.6 Å². The molecule has 1 aliphatic rings. The lowest BCUT2D eigenvalue weighted by molar-refractivity contribution is -0.118. The highest BCUT2D eigenvalue weighted by Crippen LogP contribution is 2.34. The lowest BCUT2D eigenvalue weighted by atomic mass is 10.1. The lowest BCUT2D eigenvalue weighted by Crippen LogP contribution is -2.28. The fourth-order valence-electron chi connectivity index (χ4n) is 2.60. The van der Waals surface area contributed by atoms with Gasteiger partial charge in [-0.25, -0.2) is 0 Å². The molecule has 28 heavy (non-hydrogen) atoms. The highest BCUT2D eigenvalue weighted by molar-refractivity contribution is 8.00. The number of hydrogen-bond donors (Lipinski definition) is 2. The Morgan fingerprint density at radius 2 is 1.79 bits per heavy atom. The van der Waals surface area contributed by atoms with E-state index in [1.807, 2.05) is 24.3 Å². The van der Waals surface area contributed by atoms with Crippen molar-refractivity contribution in [2.75, 3.05) is 37.3 Å². The van der Waals surface area contributed by atoms with Crippen molar-refractivity contribution in [3.8, 4) is 17.2 Å². The van der Waals surface area contributed by atoms with Gasteiger partial charge in [-0.2, -0.15) is 0 Å². The topological polar surface area (TPSA) is 85.9 Å². The first-order chi connectivity index (χ1) is 13.6. The summed E-state index contributed by atoms with van der Waals surface area (Å²) < 4.78 is 15.6. The van der Waals surface area contributed by atoms with Gasteiger partial charge in [0.2, 0.25) is 18.6 Å². The van der Waals surface area contributed by atoms with Gasteiger partial charge in [-0.15, -0.1) is 11.8 Å². The summed E-state index contributed by atoms with van der Waals surface area (Å²) >= 11 is 1.27. The molecule has 3 rings (SSSR count). The van der Waals surface area contributed by atoms with Crippen molar-refractivity contribution < 1.29 is 23.8 Å². The fraction of sp³-hybridized carbons (Fsp3) is 0.300. The average Bonchev–Trinajstić information content (AvgIpc) is 3.16. The standard InChI is InChI=1S/C20H22N2O5S/c1-25-16-5-2-14(3-6-16)8-9-21-19(23)11-28-12-20(24)22-15-4-7-17-18(10-15)27-13-26-17/h2-7,10H,8-9,11-13H2,1H3,(H,21,23)(H,22,24). The van der Waals surface area contributed by atoms with E-state index < -0.39 is 0 Å². The molecule has 2 aromatic rings. The molecule has 0 bridgehead atoms. The van der Waals surface area contributed by atoms with E-state index in [1.54, 1.807) is 25.3 Å². The summed E-state index contributed by atoms with van der Waals surface area (Å²) in [6.07, 6.45) is 0.741. The van der Waals surface area contributed by atoms with Crippen LogP contribution in [0.5, 0.6) is 17.2 Å². The minimum absolute atomic E-state index is 0.0885. The van der Waals surface area contributed by atoms with E-state index in [2.05, 4.69) is 10.6 Å². The SMILES string of the molecule is COc1ccc(CCNC(=O)CSCC(=O)Nc2ccc3c(c2)OCO3)cc1. The van der Waals surface area contributed by atoms with E-state index in [1.165, 1.54) is 11.8 Å². The summed E-state index contributed by atoms with van der Waals surface area (Å²) in [7, 11) is 1.63. The van der Waals surface area contributed by atoms with Crippen LogP contribution in [-0.2, 0) is 16.0 Å². The van der Waals surface area contributed by atoms with Crippen LogP contribution in [0, 0.1) is 0 Å². The third-order valence-corrected chi connectivity index (χ3v) is 4.95. The summed E-state index contributed by atoms with van der Waals surface area (Å²) in [6.45, 7) is 0.741. The molecule has 8 heteroatoms. The molecule has 0 atom stereocenters. The van der Waals surface area contributed by atoms with Crippen molar-refractivity contribution in [1.82, 2.24) is 5.32 Å². The summed E-state index contributed by atoms with van der Waals surface area (Å²) in [5.41, 5.74) is 1.76. The third-order valence-electron chi connectivity index (χ3n) is 4.02. The number of rotatable bonds is 9. The minimum atomic E-state index is -0.171. The third kappa shape index (κ3) is 5.82. The number of thioether (sulfide) groups is 1. The molecule has 0 aromatic heterocycles. The van der Waals surface area contributed by atoms with E-state index in [0.717, 1.165) is 17.7 Å². The summed E-state index contributed by atoms with van der Waals surface area (Å²) in [4.78, 5) is 23.9. The Morgan fingerprint density at radius 3 is 2.57 bits per heavy atom. The number of methoxy groups -OCH3 is 1. The van der Waals surface area contributed by atoms with E-state index in [0.29, 0.717) is 23.7 Å². The van der Waals surface area contributed by atoms with Gasteiger partial charge < -0.3 is 24.8 Å². The molecule has 2 amide bonds. The predicted octanol–water partition coefficient (Wildman–Crippen LogP) is 2.45. The van der Waals surface area contributed by atoms with Gasteiger partial charge in [-0.3, -0.25) is 9.59 Å². The van der Waals surface area contributed by atoms with Gasteiger partial charge in [0.25, 0.3) is 0 Å². The maximum absolute atomic E-state index is 12.0. The summed E-state index contributed by atoms with van der Waals surface area (Å²) in [5.74, 6) is 2.25. The average molecular weight is 402 g/mol. The van der Waals surface area contributed by atoms with Crippen LogP contribution in [-0.4, -0.2) is 43.8 Å². The van der Waals surface area contributed by atoms with Crippen LogP contribution in [0.4, 0.5) is 5.69 Å². The van der Waals surface area contributed by atoms with Crippen molar-refractivity contribution >= 4 is 29.3 Å². The van der Waals surface area contributed by atoms with Crippen molar-refractivity contribution in [2.45, 2.75) is 6.42 Å². The molecular weight excluding hydrogens is 380 g/mol. The number of carbonyl (C=O) groups is 2. The second-order valence-corrected chi connectivity index (χ2v) is 7.04. The van der Waals surface area contributed by atoms with Gasteiger partial charge in [-0.1, -0.05) is 12.1 Å². The highest BCUT2D eigenvalue weighted by atomic mass is 32.2. The minimum Gasteiger partial charge on any atom is -0.497 e. The van der Waals surface area contributed by atoms with E-state index in [9.17, 15) is 9.59 Å². The highest BCUT2D eigenvalue weighted by Gasteiger charge is 2.14.